The molecule has 0 bridgehead atoms. The van der Waals surface area contributed by atoms with Gasteiger partial charge in [0.15, 0.2) is 0 Å². The molecule has 2 nitrogen and oxygen atoms in total. The normalized spacial score (nSPS) is 17.5. The van der Waals surface area contributed by atoms with E-state index >= 15 is 0 Å². The maximum absolute atomic E-state index is 14.0. The maximum Gasteiger partial charge on any atom is 0.398 e. The van der Waals surface area contributed by atoms with Crippen molar-refractivity contribution in [3.05, 3.63) is 70.8 Å². The topological polar surface area (TPSA) is 27.0 Å². The second kappa shape index (κ2) is 11.5. The van der Waals surface area contributed by atoms with Crippen LogP contribution < -0.4 is 0 Å². The molecular weight excluding hydrogens is 490 g/mol. The highest BCUT2D eigenvalue weighted by Gasteiger charge is 2.67. The number of rotatable bonds is 10. The van der Waals surface area contributed by atoms with Gasteiger partial charge in [0.25, 0.3) is 0 Å². The van der Waals surface area contributed by atoms with Gasteiger partial charge in [-0.05, 0) is 80.3 Å². The highest BCUT2D eigenvalue weighted by molar-refractivity contribution is 5.50. The summed E-state index contributed by atoms with van der Waals surface area (Å²) < 4.78 is 83.9. The van der Waals surface area contributed by atoms with E-state index in [-0.39, 0.29) is 48.8 Å². The number of nitriles is 1. The van der Waals surface area contributed by atoms with Crippen LogP contribution in [0.25, 0.3) is 0 Å². The largest absolute Gasteiger partial charge is 0.398 e. The van der Waals surface area contributed by atoms with E-state index < -0.39 is 23.2 Å². The first-order valence-corrected chi connectivity index (χ1v) is 12.8. The second-order valence-electron chi connectivity index (χ2n) is 9.99. The molecule has 0 atom stereocenters. The smallest absolute Gasteiger partial charge is 0.303 e. The van der Waals surface area contributed by atoms with Gasteiger partial charge in [-0.1, -0.05) is 55.5 Å². The van der Waals surface area contributed by atoms with Crippen molar-refractivity contribution in [2.75, 3.05) is 19.6 Å². The van der Waals surface area contributed by atoms with Crippen molar-refractivity contribution < 1.29 is 26.3 Å². The molecule has 0 amide bonds. The molecule has 8 heteroatoms. The molecule has 2 saturated carbocycles. The van der Waals surface area contributed by atoms with Crippen molar-refractivity contribution in [2.24, 2.45) is 0 Å². The molecule has 0 N–H and O–H groups in total. The van der Waals surface area contributed by atoms with Crippen LogP contribution in [0.3, 0.4) is 0 Å². The summed E-state index contributed by atoms with van der Waals surface area (Å²) in [5, 5.41) is 7.32. The number of likely N-dealkylation sites (N-methyl/N-ethyl adjacent to an activating group) is 1. The Hall–Kier alpha value is -2.53. The third-order valence-corrected chi connectivity index (χ3v) is 7.70. The lowest BCUT2D eigenvalue weighted by Crippen LogP contribution is -2.34. The summed E-state index contributed by atoms with van der Waals surface area (Å²) in [7, 11) is 0. The quantitative estimate of drug-likeness (QED) is 0.296. The lowest BCUT2D eigenvalue weighted by molar-refractivity contribution is -0.161. The number of nitrogens with zero attached hydrogens (tertiary/aromatic N) is 2. The molecule has 0 aromatic heterocycles. The summed E-state index contributed by atoms with van der Waals surface area (Å²) in [5.41, 5.74) is -2.35. The van der Waals surface area contributed by atoms with Crippen molar-refractivity contribution in [1.29, 1.82) is 5.26 Å². The lowest BCUT2D eigenvalue weighted by atomic mass is 9.81. The van der Waals surface area contributed by atoms with E-state index in [0.717, 1.165) is 19.5 Å². The van der Waals surface area contributed by atoms with Gasteiger partial charge in [-0.2, -0.15) is 31.6 Å². The predicted octanol–water partition coefficient (Wildman–Crippen LogP) is 7.90. The number of benzene rings is 2. The summed E-state index contributed by atoms with van der Waals surface area (Å²) in [4.78, 5) is 2.21. The van der Waals surface area contributed by atoms with Crippen LogP contribution in [-0.2, 0) is 23.7 Å². The first-order valence-electron chi connectivity index (χ1n) is 12.8. The number of hydrogen-bond acceptors (Lipinski definition) is 2. The molecule has 0 heterocycles. The Kier molecular flexibility index (Phi) is 9.00. The van der Waals surface area contributed by atoms with Crippen molar-refractivity contribution in [3.8, 4) is 6.07 Å². The molecule has 0 spiro atoms. The van der Waals surface area contributed by atoms with Crippen molar-refractivity contribution in [1.82, 2.24) is 4.90 Å². The molecule has 0 saturated heterocycles. The Morgan fingerprint density at radius 1 is 0.784 bits per heavy atom. The number of halogens is 6. The molecule has 2 aliphatic rings. The van der Waals surface area contributed by atoms with Crippen LogP contribution in [0.4, 0.5) is 26.3 Å². The summed E-state index contributed by atoms with van der Waals surface area (Å²) >= 11 is 0. The Bertz CT molecular complexity index is 1010. The Labute approximate surface area is 215 Å². The molecular formula is C29H34F6N2. The van der Waals surface area contributed by atoms with Crippen LogP contribution >= 0.6 is 0 Å². The fourth-order valence-electron chi connectivity index (χ4n) is 5.25. The molecule has 202 valence electrons. The standard InChI is InChI=1S/C27H31F6N.C2H3N/c1-2-34(19-13-20-8-4-3-5-9-20)18-7-10-21-22(24(14-15-24)26(28,29)30)11-6-12-23(21)25(16-17-25)27(31,32)33;1-2-3/h3-6,8-9,11-12H,2,7,10,13-19H2,1H3;1H3. The van der Waals surface area contributed by atoms with Crippen LogP contribution in [0.2, 0.25) is 0 Å². The predicted molar refractivity (Wildman–Crippen MR) is 132 cm³/mol. The molecule has 2 aliphatic carbocycles. The SMILES string of the molecule is CC#N.CCN(CCCc1c(C2(C(F)(F)F)CC2)cccc1C1(C(F)(F)F)CC1)CCc1ccccc1. The van der Waals surface area contributed by atoms with Gasteiger partial charge in [-0.25, -0.2) is 0 Å². The monoisotopic (exact) mass is 524 g/mol. The zero-order valence-corrected chi connectivity index (χ0v) is 21.4. The third kappa shape index (κ3) is 6.31. The van der Waals surface area contributed by atoms with Crippen molar-refractivity contribution in [2.45, 2.75) is 82.0 Å². The second-order valence-corrected chi connectivity index (χ2v) is 9.99. The summed E-state index contributed by atoms with van der Waals surface area (Å²) in [6.07, 6.45) is -7.52. The molecule has 0 aliphatic heterocycles. The van der Waals surface area contributed by atoms with Gasteiger partial charge in [0.1, 0.15) is 0 Å². The van der Waals surface area contributed by atoms with Crippen LogP contribution in [0.5, 0.6) is 0 Å². The van der Waals surface area contributed by atoms with Gasteiger partial charge in [0, 0.05) is 13.5 Å². The highest BCUT2D eigenvalue weighted by Crippen LogP contribution is 2.63. The first kappa shape index (κ1) is 29.0. The lowest BCUT2D eigenvalue weighted by Gasteiger charge is -2.29. The van der Waals surface area contributed by atoms with E-state index in [4.69, 9.17) is 5.26 Å². The summed E-state index contributed by atoms with van der Waals surface area (Å²) in [6, 6.07) is 16.0. The zero-order valence-electron chi connectivity index (χ0n) is 21.4. The molecule has 0 unspecified atom stereocenters. The van der Waals surface area contributed by atoms with Crippen LogP contribution in [0.15, 0.2) is 48.5 Å². The third-order valence-electron chi connectivity index (χ3n) is 7.70. The molecule has 2 fully saturated rings. The fourth-order valence-corrected chi connectivity index (χ4v) is 5.25. The fraction of sp³-hybridized carbons (Fsp3) is 0.552. The van der Waals surface area contributed by atoms with Crippen LogP contribution in [0, 0.1) is 11.3 Å². The Morgan fingerprint density at radius 3 is 1.68 bits per heavy atom. The van der Waals surface area contributed by atoms with E-state index in [2.05, 4.69) is 17.0 Å². The minimum atomic E-state index is -4.46. The molecule has 37 heavy (non-hydrogen) atoms. The van der Waals surface area contributed by atoms with Crippen molar-refractivity contribution in [3.63, 3.8) is 0 Å². The Balaban J connectivity index is 0.00000121. The first-order chi connectivity index (χ1) is 17.5. The van der Waals surface area contributed by atoms with Crippen LogP contribution in [0.1, 0.15) is 68.2 Å². The minimum absolute atomic E-state index is 0.0515. The van der Waals surface area contributed by atoms with Gasteiger partial charge < -0.3 is 4.90 Å². The van der Waals surface area contributed by atoms with E-state index in [9.17, 15) is 26.3 Å². The molecule has 4 rings (SSSR count). The van der Waals surface area contributed by atoms with Gasteiger partial charge in [-0.15, -0.1) is 0 Å². The zero-order chi connectivity index (χ0) is 27.3. The van der Waals surface area contributed by atoms with E-state index in [1.807, 2.05) is 25.1 Å². The van der Waals surface area contributed by atoms with Crippen molar-refractivity contribution >= 4 is 0 Å². The van der Waals surface area contributed by atoms with Gasteiger partial charge in [-0.3, -0.25) is 0 Å². The minimum Gasteiger partial charge on any atom is -0.303 e. The Morgan fingerprint density at radius 2 is 1.27 bits per heavy atom. The number of hydrogen-bond donors (Lipinski definition) is 0. The maximum atomic E-state index is 14.0. The highest BCUT2D eigenvalue weighted by atomic mass is 19.4. The average molecular weight is 525 g/mol. The van der Waals surface area contributed by atoms with E-state index in [1.54, 1.807) is 6.07 Å². The summed E-state index contributed by atoms with van der Waals surface area (Å²) in [5.74, 6) is 0. The molecule has 2 aromatic rings. The van der Waals surface area contributed by atoms with Crippen LogP contribution in [-0.4, -0.2) is 36.9 Å². The van der Waals surface area contributed by atoms with E-state index in [0.29, 0.717) is 13.0 Å². The number of alkyl halides is 6. The average Bonchev–Trinajstić information content (AvgIpc) is 3.75. The molecule has 0 radical (unpaired) electrons. The van der Waals surface area contributed by atoms with Gasteiger partial charge >= 0.3 is 12.4 Å². The summed E-state index contributed by atoms with van der Waals surface area (Å²) in [6.45, 7) is 5.67. The molecule has 2 aromatic carbocycles. The van der Waals surface area contributed by atoms with E-state index in [1.165, 1.54) is 30.7 Å². The van der Waals surface area contributed by atoms with Gasteiger partial charge in [0.05, 0.1) is 16.9 Å². The van der Waals surface area contributed by atoms with Gasteiger partial charge in [0.2, 0.25) is 0 Å².